The van der Waals surface area contributed by atoms with Gasteiger partial charge in [-0.1, -0.05) is 56.3 Å². The summed E-state index contributed by atoms with van der Waals surface area (Å²) in [5.74, 6) is -3.48. The molecule has 4 atom stereocenters. The predicted molar refractivity (Wildman–Crippen MR) is 156 cm³/mol. The number of hydrogen-bond acceptors (Lipinski definition) is 7. The second kappa shape index (κ2) is 16.1. The van der Waals surface area contributed by atoms with Crippen molar-refractivity contribution in [3.63, 3.8) is 0 Å². The lowest BCUT2D eigenvalue weighted by atomic mass is 10.0. The SMILES string of the molecule is CC(C)C[C@H](NC(=O)[C@H](Cc1ccccc1)N(C)C(=O)CNC(=O)[C@@H](C)NC(=O)[C@@H](N)Cc1ccc(O)cc1)C(=O)O. The van der Waals surface area contributed by atoms with Crippen LogP contribution in [0.5, 0.6) is 5.75 Å². The smallest absolute Gasteiger partial charge is 0.326 e. The minimum absolute atomic E-state index is 0.0124. The largest absolute Gasteiger partial charge is 0.508 e. The first kappa shape index (κ1) is 33.8. The van der Waals surface area contributed by atoms with Gasteiger partial charge >= 0.3 is 5.97 Å². The monoisotopic (exact) mass is 583 g/mol. The number of amides is 4. The molecule has 0 aliphatic heterocycles. The van der Waals surface area contributed by atoms with Crippen LogP contribution in [0.1, 0.15) is 38.3 Å². The van der Waals surface area contributed by atoms with E-state index in [1.54, 1.807) is 36.4 Å². The molecule has 0 spiro atoms. The zero-order chi connectivity index (χ0) is 31.4. The maximum atomic E-state index is 13.2. The Balaban J connectivity index is 2.00. The second-order valence-electron chi connectivity index (χ2n) is 10.7. The zero-order valence-electron chi connectivity index (χ0n) is 24.4. The first-order valence-corrected chi connectivity index (χ1v) is 13.7. The van der Waals surface area contributed by atoms with Gasteiger partial charge in [0.05, 0.1) is 12.6 Å². The van der Waals surface area contributed by atoms with Crippen molar-refractivity contribution >= 4 is 29.6 Å². The van der Waals surface area contributed by atoms with E-state index in [-0.39, 0.29) is 30.9 Å². The van der Waals surface area contributed by atoms with E-state index in [1.807, 2.05) is 19.9 Å². The normalized spacial score (nSPS) is 13.8. The molecule has 2 aromatic rings. The van der Waals surface area contributed by atoms with Crippen LogP contribution >= 0.6 is 0 Å². The first-order chi connectivity index (χ1) is 19.8. The molecular weight excluding hydrogens is 542 g/mol. The van der Waals surface area contributed by atoms with Crippen molar-refractivity contribution in [1.29, 1.82) is 0 Å². The standard InChI is InChI=1S/C30H41N5O7/c1-18(2)14-24(30(41)42)34-29(40)25(16-20-8-6-5-7-9-20)35(4)26(37)17-32-27(38)19(3)33-28(39)23(31)15-21-10-12-22(36)13-11-21/h5-13,18-19,23-25,36H,14-17,31H2,1-4H3,(H,32,38)(H,33,39)(H,34,40)(H,41,42)/t19-,23+,24+,25+/m1/s1. The van der Waals surface area contributed by atoms with E-state index in [0.29, 0.717) is 0 Å². The number of carboxylic acids is 1. The van der Waals surface area contributed by atoms with Gasteiger partial charge in [0.25, 0.3) is 0 Å². The third-order valence-corrected chi connectivity index (χ3v) is 6.65. The quantitative estimate of drug-likeness (QED) is 0.175. The van der Waals surface area contributed by atoms with Crippen molar-refractivity contribution in [3.05, 3.63) is 65.7 Å². The van der Waals surface area contributed by atoms with E-state index in [4.69, 9.17) is 5.73 Å². The Labute approximate surface area is 245 Å². The molecule has 0 fully saturated rings. The van der Waals surface area contributed by atoms with Gasteiger partial charge in [0, 0.05) is 13.5 Å². The summed E-state index contributed by atoms with van der Waals surface area (Å²) < 4.78 is 0. The Morgan fingerprint density at radius 3 is 2.00 bits per heavy atom. The van der Waals surface area contributed by atoms with Crippen LogP contribution in [0.2, 0.25) is 0 Å². The van der Waals surface area contributed by atoms with Gasteiger partial charge in [-0.2, -0.15) is 0 Å². The van der Waals surface area contributed by atoms with Crippen LogP contribution < -0.4 is 21.7 Å². The molecule has 0 saturated heterocycles. The van der Waals surface area contributed by atoms with E-state index in [2.05, 4.69) is 16.0 Å². The molecule has 0 aliphatic carbocycles. The second-order valence-corrected chi connectivity index (χ2v) is 10.7. The lowest BCUT2D eigenvalue weighted by Crippen LogP contribution is -2.55. The highest BCUT2D eigenvalue weighted by Crippen LogP contribution is 2.12. The molecule has 0 radical (unpaired) electrons. The molecule has 42 heavy (non-hydrogen) atoms. The van der Waals surface area contributed by atoms with Crippen molar-refractivity contribution in [2.45, 2.75) is 64.2 Å². The number of phenols is 1. The minimum Gasteiger partial charge on any atom is -0.508 e. The van der Waals surface area contributed by atoms with Crippen molar-refractivity contribution in [1.82, 2.24) is 20.9 Å². The summed E-state index contributed by atoms with van der Waals surface area (Å²) in [6, 6.07) is 11.1. The fourth-order valence-electron chi connectivity index (χ4n) is 4.18. The van der Waals surface area contributed by atoms with Gasteiger partial charge in [-0.15, -0.1) is 0 Å². The number of carboxylic acid groups (broad SMARTS) is 1. The molecule has 228 valence electrons. The van der Waals surface area contributed by atoms with Gasteiger partial charge in [0.2, 0.25) is 23.6 Å². The van der Waals surface area contributed by atoms with Crippen molar-refractivity contribution in [2.24, 2.45) is 11.7 Å². The zero-order valence-corrected chi connectivity index (χ0v) is 24.4. The van der Waals surface area contributed by atoms with Crippen LogP contribution in [0.15, 0.2) is 54.6 Å². The number of benzene rings is 2. The summed E-state index contributed by atoms with van der Waals surface area (Å²) in [5, 5.41) is 26.5. The van der Waals surface area contributed by atoms with Crippen molar-refractivity contribution in [3.8, 4) is 5.75 Å². The third kappa shape index (κ3) is 10.8. The highest BCUT2D eigenvalue weighted by atomic mass is 16.4. The Bertz CT molecular complexity index is 1220. The van der Waals surface area contributed by atoms with Crippen LogP contribution in [0.3, 0.4) is 0 Å². The van der Waals surface area contributed by atoms with Crippen LogP contribution in [-0.4, -0.2) is 82.5 Å². The Morgan fingerprint density at radius 1 is 0.833 bits per heavy atom. The van der Waals surface area contributed by atoms with Gasteiger partial charge in [0.15, 0.2) is 0 Å². The van der Waals surface area contributed by atoms with E-state index in [0.717, 1.165) is 11.1 Å². The third-order valence-electron chi connectivity index (χ3n) is 6.65. The predicted octanol–water partition coefficient (Wildman–Crippen LogP) is 0.568. The molecule has 0 aromatic heterocycles. The summed E-state index contributed by atoms with van der Waals surface area (Å²) in [6.45, 7) is 4.67. The molecule has 0 saturated carbocycles. The molecule has 12 nitrogen and oxygen atoms in total. The van der Waals surface area contributed by atoms with Crippen LogP contribution in [-0.2, 0) is 36.8 Å². The molecule has 0 unspecified atom stereocenters. The Morgan fingerprint density at radius 2 is 1.43 bits per heavy atom. The highest BCUT2D eigenvalue weighted by Gasteiger charge is 2.31. The van der Waals surface area contributed by atoms with Gasteiger partial charge in [-0.25, -0.2) is 4.79 Å². The summed E-state index contributed by atoms with van der Waals surface area (Å²) >= 11 is 0. The fourth-order valence-corrected chi connectivity index (χ4v) is 4.18. The number of aliphatic carboxylic acids is 1. The average molecular weight is 584 g/mol. The number of rotatable bonds is 15. The van der Waals surface area contributed by atoms with E-state index < -0.39 is 60.3 Å². The molecule has 12 heteroatoms. The molecular formula is C30H41N5O7. The van der Waals surface area contributed by atoms with Gasteiger partial charge in [-0.3, -0.25) is 19.2 Å². The molecule has 7 N–H and O–H groups in total. The van der Waals surface area contributed by atoms with Crippen LogP contribution in [0.25, 0.3) is 0 Å². The minimum atomic E-state index is -1.17. The molecule has 0 bridgehead atoms. The first-order valence-electron chi connectivity index (χ1n) is 13.7. The molecule has 0 heterocycles. The summed E-state index contributed by atoms with van der Waals surface area (Å²) in [5.41, 5.74) is 7.45. The Hall–Kier alpha value is -4.45. The van der Waals surface area contributed by atoms with Gasteiger partial charge in [-0.05, 0) is 48.9 Å². The van der Waals surface area contributed by atoms with Gasteiger partial charge < -0.3 is 36.8 Å². The van der Waals surface area contributed by atoms with E-state index >= 15 is 0 Å². The van der Waals surface area contributed by atoms with E-state index in [9.17, 15) is 34.2 Å². The van der Waals surface area contributed by atoms with E-state index in [1.165, 1.54) is 31.0 Å². The summed E-state index contributed by atoms with van der Waals surface area (Å²) in [6.07, 6.45) is 0.534. The molecule has 2 rings (SSSR count). The number of nitrogens with two attached hydrogens (primary N) is 1. The number of nitrogens with one attached hydrogen (secondary N) is 3. The van der Waals surface area contributed by atoms with Crippen molar-refractivity contribution in [2.75, 3.05) is 13.6 Å². The molecule has 4 amide bonds. The number of nitrogens with zero attached hydrogens (tertiary/aromatic N) is 1. The Kier molecular flexibility index (Phi) is 12.9. The molecule has 0 aliphatic rings. The van der Waals surface area contributed by atoms with Gasteiger partial charge in [0.1, 0.15) is 23.9 Å². The molecule has 2 aromatic carbocycles. The van der Waals surface area contributed by atoms with Crippen LogP contribution in [0, 0.1) is 5.92 Å². The van der Waals surface area contributed by atoms with Crippen molar-refractivity contribution < 1.29 is 34.2 Å². The summed E-state index contributed by atoms with van der Waals surface area (Å²) in [7, 11) is 1.41. The number of likely N-dealkylation sites (N-methyl/N-ethyl adjacent to an activating group) is 1. The number of hydrogen-bond donors (Lipinski definition) is 6. The number of carbonyl (C=O) groups excluding carboxylic acids is 4. The topological polar surface area (TPSA) is 191 Å². The lowest BCUT2D eigenvalue weighted by molar-refractivity contribution is -0.144. The number of phenolic OH excluding ortho intramolecular Hbond substituents is 1. The summed E-state index contributed by atoms with van der Waals surface area (Å²) in [4.78, 5) is 64.3. The highest BCUT2D eigenvalue weighted by molar-refractivity contribution is 5.94. The maximum absolute atomic E-state index is 13.2. The average Bonchev–Trinajstić information content (AvgIpc) is 2.94. The van der Waals surface area contributed by atoms with Crippen LogP contribution in [0.4, 0.5) is 0 Å². The number of carbonyl (C=O) groups is 5. The fraction of sp³-hybridized carbons (Fsp3) is 0.433. The maximum Gasteiger partial charge on any atom is 0.326 e. The lowest BCUT2D eigenvalue weighted by Gasteiger charge is -2.29. The number of aromatic hydroxyl groups is 1.